The molecule has 4 heteroatoms. The van der Waals surface area contributed by atoms with E-state index in [9.17, 15) is 0 Å². The second kappa shape index (κ2) is 9.59. The second-order valence-electron chi connectivity index (χ2n) is 9.46. The molecule has 2 saturated heterocycles. The zero-order chi connectivity index (χ0) is 20.2. The quantitative estimate of drug-likeness (QED) is 0.698. The van der Waals surface area contributed by atoms with Crippen molar-refractivity contribution < 1.29 is 4.74 Å². The molecule has 0 amide bonds. The fraction of sp³-hybridized carbons (Fsp3) is 0.577. The summed E-state index contributed by atoms with van der Waals surface area (Å²) >= 11 is 0. The smallest absolute Gasteiger partial charge is 0.0702 e. The first-order chi connectivity index (χ1) is 14.8. The number of ether oxygens (including phenoxy) is 1. The Kier molecular flexibility index (Phi) is 6.45. The van der Waals surface area contributed by atoms with Gasteiger partial charge in [-0.25, -0.2) is 0 Å². The Morgan fingerprint density at radius 1 is 0.933 bits per heavy atom. The first kappa shape index (κ1) is 20.2. The summed E-state index contributed by atoms with van der Waals surface area (Å²) in [5.74, 6) is 0.787. The van der Waals surface area contributed by atoms with Gasteiger partial charge in [0.2, 0.25) is 0 Å². The van der Waals surface area contributed by atoms with Gasteiger partial charge in [0.1, 0.15) is 0 Å². The monoisotopic (exact) mass is 405 g/mol. The highest BCUT2D eigenvalue weighted by Crippen LogP contribution is 2.29. The molecular formula is C26H35N3O. The van der Waals surface area contributed by atoms with Gasteiger partial charge in [-0.15, -0.1) is 0 Å². The van der Waals surface area contributed by atoms with E-state index in [2.05, 4.69) is 51.2 Å². The van der Waals surface area contributed by atoms with Gasteiger partial charge < -0.3 is 4.74 Å². The van der Waals surface area contributed by atoms with Crippen LogP contribution in [0, 0.1) is 5.92 Å². The Balaban J connectivity index is 1.15. The molecule has 1 aliphatic carbocycles. The molecule has 160 valence electrons. The Labute approximate surface area is 181 Å². The number of piperidine rings is 1. The van der Waals surface area contributed by atoms with E-state index in [1.54, 1.807) is 11.1 Å². The van der Waals surface area contributed by atoms with Crippen molar-refractivity contribution in [2.45, 2.75) is 57.2 Å². The lowest BCUT2D eigenvalue weighted by atomic mass is 9.94. The van der Waals surface area contributed by atoms with Crippen molar-refractivity contribution in [2.75, 3.05) is 32.8 Å². The standard InChI is InChI=1S/C26H35N3O/c1-2-7-23-17-25(16-22(23)6-1)29-13-10-21(11-14-29)18-28(20-26-9-5-15-30-26)19-24-8-3-4-12-27-24/h1-4,6-8,12,21,25-26H,5,9-11,13-20H2. The Morgan fingerprint density at radius 3 is 2.37 bits per heavy atom. The lowest BCUT2D eigenvalue weighted by Crippen LogP contribution is -2.44. The Hall–Kier alpha value is -1.75. The number of pyridine rings is 1. The van der Waals surface area contributed by atoms with Gasteiger partial charge in [-0.2, -0.15) is 0 Å². The van der Waals surface area contributed by atoms with Crippen molar-refractivity contribution in [3.05, 3.63) is 65.5 Å². The average molecular weight is 406 g/mol. The normalized spacial score (nSPS) is 23.3. The Morgan fingerprint density at radius 2 is 1.70 bits per heavy atom. The molecule has 0 N–H and O–H groups in total. The van der Waals surface area contributed by atoms with E-state index < -0.39 is 0 Å². The molecule has 1 aromatic carbocycles. The van der Waals surface area contributed by atoms with E-state index in [-0.39, 0.29) is 0 Å². The van der Waals surface area contributed by atoms with Crippen molar-refractivity contribution in [2.24, 2.45) is 5.92 Å². The van der Waals surface area contributed by atoms with Gasteiger partial charge in [-0.3, -0.25) is 14.8 Å². The molecule has 0 spiro atoms. The summed E-state index contributed by atoms with van der Waals surface area (Å²) in [4.78, 5) is 9.96. The molecule has 3 heterocycles. The van der Waals surface area contributed by atoms with Gasteiger partial charge in [-0.05, 0) is 80.8 Å². The minimum atomic E-state index is 0.408. The lowest BCUT2D eigenvalue weighted by molar-refractivity contribution is 0.0537. The number of aromatic nitrogens is 1. The average Bonchev–Trinajstić information content (AvgIpc) is 3.44. The predicted molar refractivity (Wildman–Crippen MR) is 120 cm³/mol. The molecule has 0 radical (unpaired) electrons. The van der Waals surface area contributed by atoms with E-state index in [0.717, 1.165) is 31.7 Å². The maximum atomic E-state index is 5.96. The molecule has 2 aromatic rings. The Bertz CT molecular complexity index is 772. The second-order valence-corrected chi connectivity index (χ2v) is 9.46. The number of hydrogen-bond acceptors (Lipinski definition) is 4. The fourth-order valence-corrected chi connectivity index (χ4v) is 5.66. The molecule has 1 atom stereocenters. The van der Waals surface area contributed by atoms with E-state index in [4.69, 9.17) is 4.74 Å². The van der Waals surface area contributed by atoms with Crippen LogP contribution in [-0.4, -0.2) is 59.7 Å². The van der Waals surface area contributed by atoms with Crippen molar-refractivity contribution in [3.63, 3.8) is 0 Å². The maximum absolute atomic E-state index is 5.96. The van der Waals surface area contributed by atoms with Gasteiger partial charge in [0, 0.05) is 38.5 Å². The number of nitrogens with zero attached hydrogens (tertiary/aromatic N) is 3. The number of hydrogen-bond donors (Lipinski definition) is 0. The van der Waals surface area contributed by atoms with Crippen molar-refractivity contribution >= 4 is 0 Å². The zero-order valence-electron chi connectivity index (χ0n) is 18.1. The van der Waals surface area contributed by atoms with E-state index in [1.165, 1.54) is 63.9 Å². The van der Waals surface area contributed by atoms with Crippen LogP contribution in [0.3, 0.4) is 0 Å². The van der Waals surface area contributed by atoms with Crippen LogP contribution in [-0.2, 0) is 24.1 Å². The van der Waals surface area contributed by atoms with Gasteiger partial charge in [0.05, 0.1) is 11.8 Å². The predicted octanol–water partition coefficient (Wildman–Crippen LogP) is 3.94. The SMILES string of the molecule is c1ccc(CN(CC2CCN(C3Cc4ccccc4C3)CC2)CC2CCCO2)nc1. The summed E-state index contributed by atoms with van der Waals surface area (Å²) in [5, 5.41) is 0. The summed E-state index contributed by atoms with van der Waals surface area (Å²) in [6.07, 6.45) is 9.86. The summed E-state index contributed by atoms with van der Waals surface area (Å²) < 4.78 is 5.96. The summed E-state index contributed by atoms with van der Waals surface area (Å²) in [6.45, 7) is 6.61. The van der Waals surface area contributed by atoms with Gasteiger partial charge in [0.25, 0.3) is 0 Å². The van der Waals surface area contributed by atoms with Gasteiger partial charge >= 0.3 is 0 Å². The molecule has 1 unspecified atom stereocenters. The zero-order valence-corrected chi connectivity index (χ0v) is 18.1. The van der Waals surface area contributed by atoms with Crippen molar-refractivity contribution in [1.29, 1.82) is 0 Å². The van der Waals surface area contributed by atoms with Crippen LogP contribution < -0.4 is 0 Å². The first-order valence-corrected chi connectivity index (χ1v) is 11.9. The molecule has 30 heavy (non-hydrogen) atoms. The number of rotatable bonds is 7. The molecule has 3 aliphatic rings. The molecule has 4 nitrogen and oxygen atoms in total. The van der Waals surface area contributed by atoms with E-state index >= 15 is 0 Å². The fourth-order valence-electron chi connectivity index (χ4n) is 5.66. The maximum Gasteiger partial charge on any atom is 0.0702 e. The molecular weight excluding hydrogens is 370 g/mol. The molecule has 2 fully saturated rings. The first-order valence-electron chi connectivity index (χ1n) is 11.9. The van der Waals surface area contributed by atoms with Crippen molar-refractivity contribution in [1.82, 2.24) is 14.8 Å². The minimum Gasteiger partial charge on any atom is -0.377 e. The number of benzene rings is 1. The number of fused-ring (bicyclic) bond motifs is 1. The van der Waals surface area contributed by atoms with E-state index in [0.29, 0.717) is 6.10 Å². The largest absolute Gasteiger partial charge is 0.377 e. The topological polar surface area (TPSA) is 28.6 Å². The number of likely N-dealkylation sites (tertiary alicyclic amines) is 1. The van der Waals surface area contributed by atoms with Gasteiger partial charge in [0.15, 0.2) is 0 Å². The van der Waals surface area contributed by atoms with Crippen LogP contribution in [0.2, 0.25) is 0 Å². The molecule has 0 saturated carbocycles. The third-order valence-electron chi connectivity index (χ3n) is 7.31. The highest BCUT2D eigenvalue weighted by Gasteiger charge is 2.30. The lowest BCUT2D eigenvalue weighted by Gasteiger charge is -2.38. The summed E-state index contributed by atoms with van der Waals surface area (Å²) in [5.41, 5.74) is 4.32. The molecule has 1 aromatic heterocycles. The molecule has 0 bridgehead atoms. The highest BCUT2D eigenvalue weighted by atomic mass is 16.5. The van der Waals surface area contributed by atoms with E-state index in [1.807, 2.05) is 12.3 Å². The van der Waals surface area contributed by atoms with Crippen LogP contribution in [0.5, 0.6) is 0 Å². The van der Waals surface area contributed by atoms with Gasteiger partial charge in [-0.1, -0.05) is 30.3 Å². The summed E-state index contributed by atoms with van der Waals surface area (Å²) in [7, 11) is 0. The third-order valence-corrected chi connectivity index (χ3v) is 7.31. The van der Waals surface area contributed by atoms with Crippen LogP contribution in [0.15, 0.2) is 48.7 Å². The van der Waals surface area contributed by atoms with Crippen LogP contribution in [0.25, 0.3) is 0 Å². The minimum absolute atomic E-state index is 0.408. The summed E-state index contributed by atoms with van der Waals surface area (Å²) in [6, 6.07) is 16.0. The molecule has 5 rings (SSSR count). The van der Waals surface area contributed by atoms with Crippen LogP contribution in [0.4, 0.5) is 0 Å². The van der Waals surface area contributed by atoms with Crippen LogP contribution >= 0.6 is 0 Å². The van der Waals surface area contributed by atoms with Crippen molar-refractivity contribution in [3.8, 4) is 0 Å². The highest BCUT2D eigenvalue weighted by molar-refractivity contribution is 5.33. The third kappa shape index (κ3) is 4.93. The molecule has 2 aliphatic heterocycles. The van der Waals surface area contributed by atoms with Crippen LogP contribution in [0.1, 0.15) is 42.5 Å².